The minimum atomic E-state index is -0.345. The van der Waals surface area contributed by atoms with Crippen LogP contribution in [0.4, 0.5) is 10.1 Å². The predicted octanol–water partition coefficient (Wildman–Crippen LogP) is 1.45. The van der Waals surface area contributed by atoms with Crippen molar-refractivity contribution in [3.05, 3.63) is 30.1 Å². The Morgan fingerprint density at radius 1 is 1.58 bits per heavy atom. The van der Waals surface area contributed by atoms with Gasteiger partial charge in [0.25, 0.3) is 0 Å². The zero-order valence-corrected chi connectivity index (χ0v) is 11.2. The molecule has 2 rings (SSSR count). The van der Waals surface area contributed by atoms with Gasteiger partial charge in [-0.15, -0.1) is 0 Å². The molecule has 104 valence electrons. The summed E-state index contributed by atoms with van der Waals surface area (Å²) in [7, 11) is 1.95. The average Bonchev–Trinajstić information content (AvgIpc) is 2.39. The van der Waals surface area contributed by atoms with Gasteiger partial charge >= 0.3 is 0 Å². The first-order valence-corrected chi connectivity index (χ1v) is 6.61. The number of halogens is 1. The molecule has 1 aliphatic heterocycles. The molecule has 0 aliphatic carbocycles. The molecule has 19 heavy (non-hydrogen) atoms. The van der Waals surface area contributed by atoms with Gasteiger partial charge < -0.3 is 10.6 Å². The van der Waals surface area contributed by atoms with Crippen molar-refractivity contribution in [3.63, 3.8) is 0 Å². The molecule has 0 bridgehead atoms. The number of nitrogens with one attached hydrogen (secondary N) is 2. The highest BCUT2D eigenvalue weighted by atomic mass is 19.1. The van der Waals surface area contributed by atoms with Crippen molar-refractivity contribution in [2.45, 2.75) is 18.9 Å². The van der Waals surface area contributed by atoms with Gasteiger partial charge in [0.05, 0.1) is 6.54 Å². The first-order chi connectivity index (χ1) is 9.15. The second kappa shape index (κ2) is 6.63. The summed E-state index contributed by atoms with van der Waals surface area (Å²) in [4.78, 5) is 13.9. The van der Waals surface area contributed by atoms with Crippen LogP contribution in [0.2, 0.25) is 0 Å². The fourth-order valence-corrected chi connectivity index (χ4v) is 2.33. The molecule has 1 saturated heterocycles. The number of piperidine rings is 1. The van der Waals surface area contributed by atoms with Gasteiger partial charge in [0.15, 0.2) is 0 Å². The Labute approximate surface area is 113 Å². The quantitative estimate of drug-likeness (QED) is 0.866. The van der Waals surface area contributed by atoms with E-state index >= 15 is 0 Å². The summed E-state index contributed by atoms with van der Waals surface area (Å²) in [5.74, 6) is -0.457. The van der Waals surface area contributed by atoms with E-state index in [1.165, 1.54) is 12.1 Å². The van der Waals surface area contributed by atoms with E-state index in [0.29, 0.717) is 18.3 Å². The zero-order chi connectivity index (χ0) is 13.7. The lowest BCUT2D eigenvalue weighted by molar-refractivity contribution is -0.117. The highest BCUT2D eigenvalue weighted by molar-refractivity contribution is 5.92. The van der Waals surface area contributed by atoms with Gasteiger partial charge in [-0.3, -0.25) is 9.69 Å². The van der Waals surface area contributed by atoms with Gasteiger partial charge in [0.2, 0.25) is 5.91 Å². The van der Waals surface area contributed by atoms with E-state index in [2.05, 4.69) is 10.6 Å². The minimum absolute atomic E-state index is 0.112. The number of anilines is 1. The topological polar surface area (TPSA) is 44.4 Å². The molecule has 1 unspecified atom stereocenters. The Morgan fingerprint density at radius 2 is 2.42 bits per heavy atom. The van der Waals surface area contributed by atoms with Crippen molar-refractivity contribution in [1.29, 1.82) is 0 Å². The average molecular weight is 265 g/mol. The van der Waals surface area contributed by atoms with E-state index in [1.54, 1.807) is 12.1 Å². The lowest BCUT2D eigenvalue weighted by Gasteiger charge is -2.31. The van der Waals surface area contributed by atoms with Gasteiger partial charge in [0.1, 0.15) is 5.82 Å². The Kier molecular flexibility index (Phi) is 4.87. The maximum absolute atomic E-state index is 13.0. The van der Waals surface area contributed by atoms with Crippen LogP contribution < -0.4 is 10.6 Å². The number of rotatable bonds is 4. The van der Waals surface area contributed by atoms with E-state index in [-0.39, 0.29) is 11.7 Å². The summed E-state index contributed by atoms with van der Waals surface area (Å²) < 4.78 is 13.0. The third kappa shape index (κ3) is 4.29. The smallest absolute Gasteiger partial charge is 0.238 e. The fraction of sp³-hybridized carbons (Fsp3) is 0.500. The maximum Gasteiger partial charge on any atom is 0.238 e. The molecule has 1 aromatic carbocycles. The van der Waals surface area contributed by atoms with Crippen molar-refractivity contribution < 1.29 is 9.18 Å². The zero-order valence-electron chi connectivity index (χ0n) is 11.2. The van der Waals surface area contributed by atoms with Crippen LogP contribution in [-0.4, -0.2) is 43.5 Å². The Bertz CT molecular complexity index is 432. The van der Waals surface area contributed by atoms with Crippen LogP contribution in [-0.2, 0) is 4.79 Å². The molecule has 1 heterocycles. The van der Waals surface area contributed by atoms with Crippen LogP contribution in [0.3, 0.4) is 0 Å². The van der Waals surface area contributed by atoms with Crippen molar-refractivity contribution in [2.24, 2.45) is 0 Å². The van der Waals surface area contributed by atoms with Crippen LogP contribution in [0.1, 0.15) is 12.8 Å². The SMILES string of the molecule is CN(CC(=O)Nc1cccc(F)c1)C1CCCNC1. The van der Waals surface area contributed by atoms with E-state index in [1.807, 2.05) is 11.9 Å². The van der Waals surface area contributed by atoms with Gasteiger partial charge in [0, 0.05) is 18.3 Å². The second-order valence-corrected chi connectivity index (χ2v) is 4.97. The number of amides is 1. The van der Waals surface area contributed by atoms with Gasteiger partial charge in [-0.1, -0.05) is 6.07 Å². The molecule has 5 heteroatoms. The lowest BCUT2D eigenvalue weighted by Crippen LogP contribution is -2.46. The molecule has 0 spiro atoms. The van der Waals surface area contributed by atoms with Crippen LogP contribution in [0.25, 0.3) is 0 Å². The number of carbonyl (C=O) groups is 1. The van der Waals surface area contributed by atoms with E-state index in [0.717, 1.165) is 25.9 Å². The van der Waals surface area contributed by atoms with E-state index < -0.39 is 0 Å². The van der Waals surface area contributed by atoms with Crippen molar-refractivity contribution in [2.75, 3.05) is 32.0 Å². The number of hydrogen-bond donors (Lipinski definition) is 2. The minimum Gasteiger partial charge on any atom is -0.325 e. The summed E-state index contributed by atoms with van der Waals surface area (Å²) >= 11 is 0. The van der Waals surface area contributed by atoms with Crippen molar-refractivity contribution >= 4 is 11.6 Å². The number of carbonyl (C=O) groups excluding carboxylic acids is 1. The van der Waals surface area contributed by atoms with Crippen LogP contribution in [0, 0.1) is 5.82 Å². The highest BCUT2D eigenvalue weighted by Crippen LogP contribution is 2.11. The molecule has 1 atom stereocenters. The number of likely N-dealkylation sites (N-methyl/N-ethyl adjacent to an activating group) is 1. The molecular formula is C14H20FN3O. The van der Waals surface area contributed by atoms with Crippen molar-refractivity contribution in [3.8, 4) is 0 Å². The summed E-state index contributed by atoms with van der Waals surface area (Å²) in [5, 5.41) is 6.03. The molecule has 0 aromatic heterocycles. The number of benzene rings is 1. The van der Waals surface area contributed by atoms with Crippen molar-refractivity contribution in [1.82, 2.24) is 10.2 Å². The largest absolute Gasteiger partial charge is 0.325 e. The number of hydrogen-bond acceptors (Lipinski definition) is 3. The van der Waals surface area contributed by atoms with Gasteiger partial charge in [-0.2, -0.15) is 0 Å². The fourth-order valence-electron chi connectivity index (χ4n) is 2.33. The summed E-state index contributed by atoms with van der Waals surface area (Å²) in [5.41, 5.74) is 0.500. The predicted molar refractivity (Wildman–Crippen MR) is 73.6 cm³/mol. The van der Waals surface area contributed by atoms with Crippen LogP contribution in [0.5, 0.6) is 0 Å². The summed E-state index contributed by atoms with van der Waals surface area (Å²) in [6, 6.07) is 6.34. The Hall–Kier alpha value is -1.46. The molecule has 1 fully saturated rings. The second-order valence-electron chi connectivity index (χ2n) is 4.97. The highest BCUT2D eigenvalue weighted by Gasteiger charge is 2.19. The first-order valence-electron chi connectivity index (χ1n) is 6.61. The van der Waals surface area contributed by atoms with Gasteiger partial charge in [-0.25, -0.2) is 4.39 Å². The number of nitrogens with zero attached hydrogens (tertiary/aromatic N) is 1. The molecule has 1 aliphatic rings. The van der Waals surface area contributed by atoms with E-state index in [4.69, 9.17) is 0 Å². The third-order valence-corrected chi connectivity index (χ3v) is 3.40. The summed E-state index contributed by atoms with van der Waals surface area (Å²) in [6.07, 6.45) is 2.25. The van der Waals surface area contributed by atoms with E-state index in [9.17, 15) is 9.18 Å². The lowest BCUT2D eigenvalue weighted by atomic mass is 10.1. The maximum atomic E-state index is 13.0. The normalized spacial score (nSPS) is 19.4. The molecule has 1 amide bonds. The van der Waals surface area contributed by atoms with Gasteiger partial charge in [-0.05, 0) is 44.6 Å². The third-order valence-electron chi connectivity index (χ3n) is 3.40. The van der Waals surface area contributed by atoms with Crippen LogP contribution in [0.15, 0.2) is 24.3 Å². The Morgan fingerprint density at radius 3 is 3.11 bits per heavy atom. The molecule has 0 saturated carbocycles. The Balaban J connectivity index is 1.83. The first kappa shape index (κ1) is 14.0. The molecular weight excluding hydrogens is 245 g/mol. The molecule has 2 N–H and O–H groups in total. The van der Waals surface area contributed by atoms with Crippen LogP contribution >= 0.6 is 0 Å². The monoisotopic (exact) mass is 265 g/mol. The standard InChI is InChI=1S/C14H20FN3O/c1-18(13-6-3-7-16-9-13)10-14(19)17-12-5-2-4-11(15)8-12/h2,4-5,8,13,16H,3,6-7,9-10H2,1H3,(H,17,19). The molecule has 4 nitrogen and oxygen atoms in total. The summed E-state index contributed by atoms with van der Waals surface area (Å²) in [6.45, 7) is 2.30. The molecule has 1 aromatic rings. The molecule has 0 radical (unpaired) electrons.